The Morgan fingerprint density at radius 3 is 2.15 bits per heavy atom. The second-order valence-electron chi connectivity index (χ2n) is 5.43. The largest absolute Gasteiger partial charge is 0.321 e. The minimum atomic E-state index is -0.667. The van der Waals surface area contributed by atoms with Crippen molar-refractivity contribution in [1.82, 2.24) is 4.98 Å². The molecule has 136 valence electrons. The Labute approximate surface area is 158 Å². The molecule has 0 saturated carbocycles. The number of carbonyl (C=O) groups is 2. The van der Waals surface area contributed by atoms with Crippen LogP contribution in [0.4, 0.5) is 20.2 Å². The molecule has 2 aromatic carbocycles. The van der Waals surface area contributed by atoms with Gasteiger partial charge in [-0.1, -0.05) is 29.8 Å². The van der Waals surface area contributed by atoms with Crippen LogP contribution in [0.25, 0.3) is 0 Å². The Morgan fingerprint density at radius 2 is 1.48 bits per heavy atom. The molecule has 3 rings (SSSR count). The van der Waals surface area contributed by atoms with Crippen molar-refractivity contribution in [1.29, 1.82) is 0 Å². The molecule has 0 aliphatic carbocycles. The van der Waals surface area contributed by atoms with E-state index in [1.165, 1.54) is 48.5 Å². The van der Waals surface area contributed by atoms with Gasteiger partial charge in [-0.05, 0) is 42.5 Å². The molecular weight excluding hydrogens is 376 g/mol. The van der Waals surface area contributed by atoms with E-state index in [2.05, 4.69) is 15.6 Å². The van der Waals surface area contributed by atoms with Crippen LogP contribution in [0.2, 0.25) is 5.02 Å². The zero-order valence-corrected chi connectivity index (χ0v) is 14.4. The highest BCUT2D eigenvalue weighted by atomic mass is 35.5. The van der Waals surface area contributed by atoms with Crippen molar-refractivity contribution in [3.05, 3.63) is 88.7 Å². The molecule has 0 spiro atoms. The SMILES string of the molecule is O=C(Nc1ccc(F)c(Cl)c1)c1cccc(C(=O)Nc2ccccc2F)n1. The molecule has 0 radical (unpaired) electrons. The van der Waals surface area contributed by atoms with Crippen LogP contribution in [0.5, 0.6) is 0 Å². The number of amides is 2. The summed E-state index contributed by atoms with van der Waals surface area (Å²) in [5, 5.41) is 4.76. The molecule has 0 atom stereocenters. The maximum Gasteiger partial charge on any atom is 0.274 e. The van der Waals surface area contributed by atoms with E-state index in [1.807, 2.05) is 0 Å². The first-order chi connectivity index (χ1) is 12.9. The van der Waals surface area contributed by atoms with Crippen LogP contribution in [0, 0.1) is 11.6 Å². The number of halogens is 3. The number of carbonyl (C=O) groups excluding carboxylic acids is 2. The van der Waals surface area contributed by atoms with Crippen molar-refractivity contribution in [2.75, 3.05) is 10.6 Å². The molecule has 0 aliphatic rings. The fraction of sp³-hybridized carbons (Fsp3) is 0. The van der Waals surface area contributed by atoms with Crippen LogP contribution >= 0.6 is 11.6 Å². The number of aromatic nitrogens is 1. The van der Waals surface area contributed by atoms with Crippen LogP contribution in [0.1, 0.15) is 21.0 Å². The number of hydrogen-bond acceptors (Lipinski definition) is 3. The van der Waals surface area contributed by atoms with Crippen LogP contribution in [-0.2, 0) is 0 Å². The standard InChI is InChI=1S/C19H12ClF2N3O2/c20-12-10-11(8-9-13(12)21)23-18(26)16-6-3-7-17(24-16)19(27)25-15-5-2-1-4-14(15)22/h1-10H,(H,23,26)(H,25,27). The zero-order valence-electron chi connectivity index (χ0n) is 13.7. The van der Waals surface area contributed by atoms with Crippen LogP contribution in [0.3, 0.4) is 0 Å². The van der Waals surface area contributed by atoms with Gasteiger partial charge in [-0.3, -0.25) is 9.59 Å². The Bertz CT molecular complexity index is 1030. The van der Waals surface area contributed by atoms with Gasteiger partial charge in [0, 0.05) is 5.69 Å². The third-order valence-electron chi connectivity index (χ3n) is 3.51. The normalized spacial score (nSPS) is 10.3. The molecular formula is C19H12ClF2N3O2. The Balaban J connectivity index is 1.76. The van der Waals surface area contributed by atoms with Crippen molar-refractivity contribution < 1.29 is 18.4 Å². The van der Waals surface area contributed by atoms with E-state index in [0.717, 1.165) is 6.07 Å². The van der Waals surface area contributed by atoms with Gasteiger partial charge in [0.25, 0.3) is 11.8 Å². The number of para-hydroxylation sites is 1. The number of nitrogens with one attached hydrogen (secondary N) is 2. The first-order valence-corrected chi connectivity index (χ1v) is 8.11. The summed E-state index contributed by atoms with van der Waals surface area (Å²) in [6, 6.07) is 13.7. The molecule has 0 saturated heterocycles. The third-order valence-corrected chi connectivity index (χ3v) is 3.80. The average Bonchev–Trinajstić information content (AvgIpc) is 2.66. The molecule has 27 heavy (non-hydrogen) atoms. The predicted octanol–water partition coefficient (Wildman–Crippen LogP) is 4.52. The first kappa shape index (κ1) is 18.5. The number of anilines is 2. The molecule has 5 nitrogen and oxygen atoms in total. The van der Waals surface area contributed by atoms with E-state index in [4.69, 9.17) is 11.6 Å². The van der Waals surface area contributed by atoms with Crippen molar-refractivity contribution in [2.24, 2.45) is 0 Å². The highest BCUT2D eigenvalue weighted by Crippen LogP contribution is 2.20. The lowest BCUT2D eigenvalue weighted by molar-refractivity contribution is 0.101. The van der Waals surface area contributed by atoms with Gasteiger partial charge in [0.1, 0.15) is 23.0 Å². The van der Waals surface area contributed by atoms with Crippen molar-refractivity contribution in [3.8, 4) is 0 Å². The lowest BCUT2D eigenvalue weighted by Gasteiger charge is -2.08. The average molecular weight is 388 g/mol. The predicted molar refractivity (Wildman–Crippen MR) is 98.0 cm³/mol. The second kappa shape index (κ2) is 7.92. The molecule has 8 heteroatoms. The van der Waals surface area contributed by atoms with Crippen molar-refractivity contribution in [2.45, 2.75) is 0 Å². The number of hydrogen-bond donors (Lipinski definition) is 2. The van der Waals surface area contributed by atoms with E-state index in [0.29, 0.717) is 0 Å². The van der Waals surface area contributed by atoms with Gasteiger partial charge < -0.3 is 10.6 Å². The van der Waals surface area contributed by atoms with Crippen LogP contribution in [-0.4, -0.2) is 16.8 Å². The van der Waals surface area contributed by atoms with E-state index in [1.54, 1.807) is 6.07 Å². The van der Waals surface area contributed by atoms with Gasteiger partial charge in [0.05, 0.1) is 10.7 Å². The van der Waals surface area contributed by atoms with E-state index < -0.39 is 23.4 Å². The molecule has 0 fully saturated rings. The fourth-order valence-electron chi connectivity index (χ4n) is 2.21. The zero-order chi connectivity index (χ0) is 19.4. The lowest BCUT2D eigenvalue weighted by Crippen LogP contribution is -2.19. The number of benzene rings is 2. The maximum atomic E-state index is 13.6. The molecule has 3 aromatic rings. The Morgan fingerprint density at radius 1 is 0.815 bits per heavy atom. The monoisotopic (exact) mass is 387 g/mol. The van der Waals surface area contributed by atoms with Crippen LogP contribution < -0.4 is 10.6 Å². The summed E-state index contributed by atoms with van der Waals surface area (Å²) in [7, 11) is 0. The van der Waals surface area contributed by atoms with E-state index >= 15 is 0 Å². The smallest absolute Gasteiger partial charge is 0.274 e. The minimum Gasteiger partial charge on any atom is -0.321 e. The van der Waals surface area contributed by atoms with Crippen LogP contribution in [0.15, 0.2) is 60.7 Å². The van der Waals surface area contributed by atoms with Gasteiger partial charge in [0.2, 0.25) is 0 Å². The molecule has 0 aliphatic heterocycles. The lowest BCUT2D eigenvalue weighted by atomic mass is 10.2. The number of rotatable bonds is 4. The highest BCUT2D eigenvalue weighted by molar-refractivity contribution is 6.31. The summed E-state index contributed by atoms with van der Waals surface area (Å²) in [6.45, 7) is 0. The van der Waals surface area contributed by atoms with Gasteiger partial charge in [0.15, 0.2) is 0 Å². The van der Waals surface area contributed by atoms with Crippen molar-refractivity contribution >= 4 is 34.8 Å². The molecule has 1 heterocycles. The quantitative estimate of drug-likeness (QED) is 0.691. The van der Waals surface area contributed by atoms with Gasteiger partial charge in [-0.25, -0.2) is 13.8 Å². The highest BCUT2D eigenvalue weighted by Gasteiger charge is 2.14. The third kappa shape index (κ3) is 4.45. The summed E-state index contributed by atoms with van der Waals surface area (Å²) in [5.74, 6) is -2.48. The summed E-state index contributed by atoms with van der Waals surface area (Å²) >= 11 is 5.67. The minimum absolute atomic E-state index is 0.000101. The Kier molecular flexibility index (Phi) is 5.42. The molecule has 1 aromatic heterocycles. The summed E-state index contributed by atoms with van der Waals surface area (Å²) in [5.41, 5.74) is 0.161. The Hall–Kier alpha value is -3.32. The van der Waals surface area contributed by atoms with Gasteiger partial charge >= 0.3 is 0 Å². The topological polar surface area (TPSA) is 71.1 Å². The molecule has 2 N–H and O–H groups in total. The van der Waals surface area contributed by atoms with Gasteiger partial charge in [-0.15, -0.1) is 0 Å². The molecule has 0 bridgehead atoms. The summed E-state index contributed by atoms with van der Waals surface area (Å²) in [4.78, 5) is 28.5. The summed E-state index contributed by atoms with van der Waals surface area (Å²) in [6.07, 6.45) is 0. The van der Waals surface area contributed by atoms with E-state index in [-0.39, 0.29) is 27.8 Å². The van der Waals surface area contributed by atoms with E-state index in [9.17, 15) is 18.4 Å². The van der Waals surface area contributed by atoms with Crippen molar-refractivity contribution in [3.63, 3.8) is 0 Å². The maximum absolute atomic E-state index is 13.6. The molecule has 0 unspecified atom stereocenters. The summed E-state index contributed by atoms with van der Waals surface area (Å²) < 4.78 is 26.8. The second-order valence-corrected chi connectivity index (χ2v) is 5.83. The van der Waals surface area contributed by atoms with Gasteiger partial charge in [-0.2, -0.15) is 0 Å². The fourth-order valence-corrected chi connectivity index (χ4v) is 2.39. The number of pyridine rings is 1. The first-order valence-electron chi connectivity index (χ1n) is 7.73. The number of nitrogens with zero attached hydrogens (tertiary/aromatic N) is 1. The molecule has 2 amide bonds.